The highest BCUT2D eigenvalue weighted by Crippen LogP contribution is 2.71. The lowest BCUT2D eigenvalue weighted by molar-refractivity contribution is -0.219. The van der Waals surface area contributed by atoms with Gasteiger partial charge in [-0.1, -0.05) is 55.8 Å². The van der Waals surface area contributed by atoms with Crippen LogP contribution in [0.2, 0.25) is 0 Å². The summed E-state index contributed by atoms with van der Waals surface area (Å²) in [5, 5.41) is 14.5. The molecule has 9 heteroatoms. The SMILES string of the molecule is CC(=O)OCC(=O)[C@@]1(OC(=O)N[C@H](C)c2ccccc2)[C@@H](C)C[C@H]2[C@@H]3CCC4=CC(=O)C=C[C@]4(C)[C@@]3(F)[C@@H](O)C[C@@]21C. The van der Waals surface area contributed by atoms with Crippen molar-refractivity contribution in [2.75, 3.05) is 6.61 Å². The number of hydrogen-bond acceptors (Lipinski definition) is 7. The Kier molecular flexibility index (Phi) is 7.49. The number of nitrogens with one attached hydrogen (secondary N) is 1. The van der Waals surface area contributed by atoms with Crippen molar-refractivity contribution in [2.24, 2.45) is 28.6 Å². The molecule has 3 saturated carbocycles. The van der Waals surface area contributed by atoms with Gasteiger partial charge in [0.1, 0.15) is 0 Å². The van der Waals surface area contributed by atoms with E-state index < -0.39 is 76.5 Å². The topological polar surface area (TPSA) is 119 Å². The lowest BCUT2D eigenvalue weighted by Crippen LogP contribution is -2.70. The largest absolute Gasteiger partial charge is 0.458 e. The molecule has 0 saturated heterocycles. The van der Waals surface area contributed by atoms with E-state index in [0.717, 1.165) is 5.56 Å². The average molecular weight is 582 g/mol. The zero-order valence-corrected chi connectivity index (χ0v) is 24.8. The molecule has 1 aromatic rings. The van der Waals surface area contributed by atoms with Crippen molar-refractivity contribution in [3.05, 3.63) is 59.7 Å². The van der Waals surface area contributed by atoms with Crippen LogP contribution < -0.4 is 5.32 Å². The van der Waals surface area contributed by atoms with E-state index in [-0.39, 0.29) is 12.2 Å². The molecule has 2 N–H and O–H groups in total. The van der Waals surface area contributed by atoms with Crippen LogP contribution in [0.3, 0.4) is 0 Å². The van der Waals surface area contributed by atoms with Crippen molar-refractivity contribution in [3.8, 4) is 0 Å². The summed E-state index contributed by atoms with van der Waals surface area (Å²) in [5.74, 6) is -3.12. The first-order valence-electron chi connectivity index (χ1n) is 14.7. The Morgan fingerprint density at radius 2 is 1.86 bits per heavy atom. The van der Waals surface area contributed by atoms with Crippen LogP contribution in [0.4, 0.5) is 9.18 Å². The Morgan fingerprint density at radius 3 is 2.52 bits per heavy atom. The van der Waals surface area contributed by atoms with E-state index in [4.69, 9.17) is 9.47 Å². The number of rotatable bonds is 6. The number of alkyl halides is 1. The van der Waals surface area contributed by atoms with Gasteiger partial charge in [0.15, 0.2) is 23.7 Å². The molecule has 8 nitrogen and oxygen atoms in total. The van der Waals surface area contributed by atoms with Gasteiger partial charge in [0.2, 0.25) is 5.78 Å². The molecule has 9 atom stereocenters. The minimum absolute atomic E-state index is 0.160. The fraction of sp³-hybridized carbons (Fsp3) is 0.576. The summed E-state index contributed by atoms with van der Waals surface area (Å²) in [6.45, 7) is 7.69. The summed E-state index contributed by atoms with van der Waals surface area (Å²) >= 11 is 0. The molecule has 226 valence electrons. The molecule has 1 aromatic carbocycles. The van der Waals surface area contributed by atoms with E-state index >= 15 is 4.39 Å². The third-order valence-corrected chi connectivity index (χ3v) is 10.9. The van der Waals surface area contributed by atoms with Crippen LogP contribution in [0.5, 0.6) is 0 Å². The molecule has 0 aromatic heterocycles. The highest BCUT2D eigenvalue weighted by molar-refractivity contribution is 6.01. The van der Waals surface area contributed by atoms with E-state index in [1.807, 2.05) is 30.3 Å². The number of amides is 1. The maximum absolute atomic E-state index is 17.6. The number of aliphatic hydroxyl groups excluding tert-OH is 1. The van der Waals surface area contributed by atoms with E-state index in [2.05, 4.69) is 5.32 Å². The van der Waals surface area contributed by atoms with Gasteiger partial charge in [-0.05, 0) is 63.2 Å². The number of ketones is 2. The van der Waals surface area contributed by atoms with Crippen LogP contribution in [0.15, 0.2) is 54.1 Å². The van der Waals surface area contributed by atoms with Gasteiger partial charge in [-0.3, -0.25) is 14.4 Å². The summed E-state index contributed by atoms with van der Waals surface area (Å²) in [6, 6.07) is 8.86. The number of aliphatic hydroxyl groups is 1. The number of halogens is 1. The van der Waals surface area contributed by atoms with Crippen molar-refractivity contribution in [1.29, 1.82) is 0 Å². The monoisotopic (exact) mass is 581 g/mol. The van der Waals surface area contributed by atoms with Gasteiger partial charge in [-0.2, -0.15) is 0 Å². The molecule has 3 fully saturated rings. The number of carbonyl (C=O) groups excluding carboxylic acids is 4. The Hall–Kier alpha value is -3.33. The predicted molar refractivity (Wildman–Crippen MR) is 152 cm³/mol. The van der Waals surface area contributed by atoms with Gasteiger partial charge in [0.05, 0.1) is 12.1 Å². The van der Waals surface area contributed by atoms with Crippen molar-refractivity contribution >= 4 is 23.6 Å². The van der Waals surface area contributed by atoms with Gasteiger partial charge in [-0.25, -0.2) is 9.18 Å². The number of carbonyl (C=O) groups is 4. The van der Waals surface area contributed by atoms with Gasteiger partial charge in [0.25, 0.3) is 0 Å². The number of allylic oxidation sites excluding steroid dienone is 4. The molecule has 0 radical (unpaired) electrons. The lowest BCUT2D eigenvalue weighted by atomic mass is 9.44. The smallest absolute Gasteiger partial charge is 0.408 e. The fourth-order valence-corrected chi connectivity index (χ4v) is 8.85. The van der Waals surface area contributed by atoms with Gasteiger partial charge in [-0.15, -0.1) is 0 Å². The number of fused-ring (bicyclic) bond motifs is 5. The van der Waals surface area contributed by atoms with E-state index in [9.17, 15) is 24.3 Å². The molecule has 4 aliphatic carbocycles. The van der Waals surface area contributed by atoms with Gasteiger partial charge >= 0.3 is 12.1 Å². The number of Topliss-reactive ketones (excluding diaryl/α,β-unsaturated/α-hetero) is 1. The van der Waals surface area contributed by atoms with Gasteiger partial charge in [0, 0.05) is 29.6 Å². The molecule has 42 heavy (non-hydrogen) atoms. The second-order valence-corrected chi connectivity index (χ2v) is 13.0. The predicted octanol–water partition coefficient (Wildman–Crippen LogP) is 4.96. The van der Waals surface area contributed by atoms with Crippen LogP contribution in [-0.2, 0) is 23.9 Å². The maximum atomic E-state index is 17.6. The summed E-state index contributed by atoms with van der Waals surface area (Å²) in [5.41, 5.74) is -4.74. The maximum Gasteiger partial charge on any atom is 0.408 e. The Morgan fingerprint density at radius 1 is 1.17 bits per heavy atom. The molecule has 0 spiro atoms. The van der Waals surface area contributed by atoms with E-state index in [1.165, 1.54) is 19.1 Å². The summed E-state index contributed by atoms with van der Waals surface area (Å²) in [7, 11) is 0. The van der Waals surface area contributed by atoms with Crippen molar-refractivity contribution in [3.63, 3.8) is 0 Å². The van der Waals surface area contributed by atoms with Crippen LogP contribution in [0.25, 0.3) is 0 Å². The second kappa shape index (κ2) is 10.4. The Labute approximate surface area is 245 Å². The Bertz CT molecular complexity index is 1360. The molecule has 0 bridgehead atoms. The third kappa shape index (κ3) is 4.26. The minimum atomic E-state index is -2.10. The number of benzene rings is 1. The van der Waals surface area contributed by atoms with Crippen molar-refractivity contribution in [2.45, 2.75) is 83.7 Å². The van der Waals surface area contributed by atoms with Crippen LogP contribution in [0.1, 0.15) is 71.9 Å². The average Bonchev–Trinajstić information content (AvgIpc) is 3.15. The highest BCUT2D eigenvalue weighted by atomic mass is 19.1. The molecular formula is C33H40FNO7. The molecule has 4 aliphatic rings. The lowest BCUT2D eigenvalue weighted by Gasteiger charge is -2.62. The number of hydrogen-bond donors (Lipinski definition) is 2. The Balaban J connectivity index is 1.54. The zero-order chi connectivity index (χ0) is 30.7. The minimum Gasteiger partial charge on any atom is -0.458 e. The number of ether oxygens (including phenoxy) is 2. The summed E-state index contributed by atoms with van der Waals surface area (Å²) < 4.78 is 28.9. The molecule has 1 amide bonds. The number of alkyl carbamates (subject to hydrolysis) is 1. The van der Waals surface area contributed by atoms with Crippen LogP contribution in [0, 0.1) is 28.6 Å². The van der Waals surface area contributed by atoms with E-state index in [0.29, 0.717) is 24.8 Å². The quantitative estimate of drug-likeness (QED) is 0.456. The molecule has 0 aliphatic heterocycles. The van der Waals surface area contributed by atoms with Crippen LogP contribution >= 0.6 is 0 Å². The normalized spacial score (nSPS) is 39.2. The van der Waals surface area contributed by atoms with Gasteiger partial charge < -0.3 is 19.9 Å². The number of esters is 1. The third-order valence-electron chi connectivity index (χ3n) is 10.9. The molecular weight excluding hydrogens is 541 g/mol. The second-order valence-electron chi connectivity index (χ2n) is 13.0. The van der Waals surface area contributed by atoms with E-state index in [1.54, 1.807) is 33.8 Å². The first-order valence-corrected chi connectivity index (χ1v) is 14.7. The standard InChI is InChI=1S/C33H40FNO7/c1-19-15-26-25-12-11-23-16-24(37)13-14-30(23,4)32(25,34)27(38)17-31(26,5)33(19,28(39)18-41-21(3)36)42-29(40)35-20(2)22-9-7-6-8-10-22/h6-10,13-14,16,19-20,25-27,38H,11-12,15,17-18H2,1-5H3,(H,35,40)/t19-,20+,25-,26-,27-,30-,31-,32-,33-/m0/s1. The van der Waals surface area contributed by atoms with Crippen molar-refractivity contribution in [1.82, 2.24) is 5.32 Å². The highest BCUT2D eigenvalue weighted by Gasteiger charge is 2.77. The first kappa shape index (κ1) is 30.1. The summed E-state index contributed by atoms with van der Waals surface area (Å²) in [4.78, 5) is 51.4. The molecule has 5 rings (SSSR count). The van der Waals surface area contributed by atoms with Crippen molar-refractivity contribution < 1.29 is 38.1 Å². The fourth-order valence-electron chi connectivity index (χ4n) is 8.85. The zero-order valence-electron chi connectivity index (χ0n) is 24.8. The first-order chi connectivity index (χ1) is 19.7. The molecule has 0 unspecified atom stereocenters. The molecule has 0 heterocycles. The van der Waals surface area contributed by atoms with Crippen LogP contribution in [-0.4, -0.2) is 52.7 Å². The summed E-state index contributed by atoms with van der Waals surface area (Å²) in [6.07, 6.45) is 3.12.